The summed E-state index contributed by atoms with van der Waals surface area (Å²) in [5, 5.41) is 8.30. The fourth-order valence-corrected chi connectivity index (χ4v) is 1.65. The number of carboxylic acid groups (broad SMARTS) is 1. The van der Waals surface area contributed by atoms with Crippen molar-refractivity contribution in [1.29, 1.82) is 0 Å². The van der Waals surface area contributed by atoms with Crippen LogP contribution in [0.2, 0.25) is 0 Å². The lowest BCUT2D eigenvalue weighted by Crippen LogP contribution is -2.14. The van der Waals surface area contributed by atoms with Crippen molar-refractivity contribution in [2.75, 3.05) is 0 Å². The second kappa shape index (κ2) is 3.93. The van der Waals surface area contributed by atoms with Crippen LogP contribution in [-0.4, -0.2) is 24.4 Å². The first kappa shape index (κ1) is 10.9. The highest BCUT2D eigenvalue weighted by Crippen LogP contribution is 2.25. The molecule has 0 aromatic carbocycles. The van der Waals surface area contributed by atoms with E-state index in [0.717, 1.165) is 0 Å². The molecular weight excluding hydrogens is 235 g/mol. The van der Waals surface area contributed by atoms with Crippen LogP contribution in [-0.2, 0) is 15.1 Å². The van der Waals surface area contributed by atoms with Crippen LogP contribution in [0.1, 0.15) is 6.42 Å². The molecule has 1 N–H and O–H groups in total. The molecule has 1 aliphatic rings. The molecule has 7 heteroatoms. The number of aliphatic carboxylic acids is 1. The molecule has 0 aromatic heterocycles. The Hall–Kier alpha value is -1.14. The molecule has 0 unspecified atom stereocenters. The van der Waals surface area contributed by atoms with Crippen molar-refractivity contribution in [3.8, 4) is 0 Å². The van der Waals surface area contributed by atoms with Crippen molar-refractivity contribution in [2.24, 2.45) is 0 Å². The number of halogens is 2. The standard InChI is InChI=1S/C7H4ClFO4S/c8-4-2-5(9)6(14(12)13)1-3(4)7(10)11/h2H,1H2,(H,10,11). The number of hydrogen-bond donors (Lipinski definition) is 1. The maximum Gasteiger partial charge on any atom is 0.333 e. The van der Waals surface area contributed by atoms with E-state index in [0.29, 0.717) is 6.08 Å². The van der Waals surface area contributed by atoms with Crippen LogP contribution >= 0.6 is 11.6 Å². The maximum absolute atomic E-state index is 12.9. The summed E-state index contributed by atoms with van der Waals surface area (Å²) in [7, 11) is -2.77. The van der Waals surface area contributed by atoms with Gasteiger partial charge in [-0.05, 0) is 6.08 Å². The predicted octanol–water partition coefficient (Wildman–Crippen LogP) is 0.873. The lowest BCUT2D eigenvalue weighted by Gasteiger charge is -2.08. The highest BCUT2D eigenvalue weighted by molar-refractivity contribution is 7.73. The van der Waals surface area contributed by atoms with Crippen LogP contribution in [0.5, 0.6) is 0 Å². The van der Waals surface area contributed by atoms with Gasteiger partial charge in [-0.1, -0.05) is 11.6 Å². The zero-order chi connectivity index (χ0) is 10.9. The molecule has 1 rings (SSSR count). The van der Waals surface area contributed by atoms with E-state index in [1.54, 1.807) is 0 Å². The fourth-order valence-electron chi connectivity index (χ4n) is 0.925. The summed E-state index contributed by atoms with van der Waals surface area (Å²) < 4.78 is 33.8. The average Bonchev–Trinajstić information content (AvgIpc) is 2.02. The third kappa shape index (κ3) is 2.02. The first-order valence-corrected chi connectivity index (χ1v) is 4.83. The van der Waals surface area contributed by atoms with Gasteiger partial charge in [-0.15, -0.1) is 0 Å². The minimum atomic E-state index is -2.77. The summed E-state index contributed by atoms with van der Waals surface area (Å²) in [6.07, 6.45) is 0.159. The molecule has 0 saturated heterocycles. The van der Waals surface area contributed by atoms with E-state index < -0.39 is 33.4 Å². The minimum Gasteiger partial charge on any atom is -0.478 e. The molecule has 0 aliphatic heterocycles. The third-order valence-electron chi connectivity index (χ3n) is 1.60. The first-order chi connectivity index (χ1) is 6.43. The normalized spacial score (nSPS) is 16.7. The van der Waals surface area contributed by atoms with Crippen LogP contribution < -0.4 is 0 Å². The molecule has 0 spiro atoms. The molecule has 4 nitrogen and oxygen atoms in total. The largest absolute Gasteiger partial charge is 0.478 e. The first-order valence-electron chi connectivity index (χ1n) is 3.38. The van der Waals surface area contributed by atoms with Gasteiger partial charge < -0.3 is 5.11 Å². The van der Waals surface area contributed by atoms with Gasteiger partial charge in [-0.2, -0.15) is 8.42 Å². The van der Waals surface area contributed by atoms with E-state index in [1.165, 1.54) is 0 Å². The van der Waals surface area contributed by atoms with Gasteiger partial charge in [0.25, 0.3) is 0 Å². The van der Waals surface area contributed by atoms with Gasteiger partial charge in [0.1, 0.15) is 10.7 Å². The van der Waals surface area contributed by atoms with Crippen LogP contribution in [0.15, 0.2) is 22.5 Å². The Morgan fingerprint density at radius 2 is 2.14 bits per heavy atom. The second-order valence-electron chi connectivity index (χ2n) is 2.46. The molecule has 0 fully saturated rings. The van der Waals surface area contributed by atoms with Gasteiger partial charge >= 0.3 is 5.97 Å². The van der Waals surface area contributed by atoms with Gasteiger partial charge in [-0.25, -0.2) is 9.18 Å². The second-order valence-corrected chi connectivity index (χ2v) is 3.83. The molecular formula is C7H4ClFO4S. The Morgan fingerprint density at radius 1 is 1.57 bits per heavy atom. The van der Waals surface area contributed by atoms with E-state index in [9.17, 15) is 17.6 Å². The van der Waals surface area contributed by atoms with Crippen molar-refractivity contribution in [3.05, 3.63) is 22.5 Å². The van der Waals surface area contributed by atoms with E-state index in [4.69, 9.17) is 16.7 Å². The molecule has 14 heavy (non-hydrogen) atoms. The summed E-state index contributed by atoms with van der Waals surface area (Å²) >= 11 is 5.41. The molecule has 0 amide bonds. The fraction of sp³-hybridized carbons (Fsp3) is 0.143. The molecule has 0 radical (unpaired) electrons. The summed E-state index contributed by atoms with van der Waals surface area (Å²) in [4.78, 5) is 9.94. The van der Waals surface area contributed by atoms with Crippen molar-refractivity contribution in [1.82, 2.24) is 0 Å². The lowest BCUT2D eigenvalue weighted by atomic mass is 10.0. The smallest absolute Gasteiger partial charge is 0.333 e. The van der Waals surface area contributed by atoms with Crippen LogP contribution in [0.25, 0.3) is 0 Å². The molecule has 1 aliphatic carbocycles. The Kier molecular flexibility index (Phi) is 3.07. The minimum absolute atomic E-state index is 0.288. The quantitative estimate of drug-likeness (QED) is 0.688. The van der Waals surface area contributed by atoms with E-state index >= 15 is 0 Å². The summed E-state index contributed by atoms with van der Waals surface area (Å²) in [5.41, 5.74) is -0.327. The molecule has 76 valence electrons. The van der Waals surface area contributed by atoms with Crippen molar-refractivity contribution in [2.45, 2.75) is 6.42 Å². The SMILES string of the molecule is O=C(O)C1=C(Cl)C=C(F)C(=S(=O)=O)C1. The average molecular weight is 239 g/mol. The van der Waals surface area contributed by atoms with Crippen molar-refractivity contribution >= 4 is 32.7 Å². The molecule has 0 aromatic rings. The van der Waals surface area contributed by atoms with Crippen molar-refractivity contribution < 1.29 is 22.7 Å². The lowest BCUT2D eigenvalue weighted by molar-refractivity contribution is -0.132. The zero-order valence-electron chi connectivity index (χ0n) is 6.62. The molecule has 0 saturated carbocycles. The van der Waals surface area contributed by atoms with Gasteiger partial charge in [0.2, 0.25) is 10.3 Å². The topological polar surface area (TPSA) is 71.4 Å². The van der Waals surface area contributed by atoms with Crippen LogP contribution in [0.4, 0.5) is 4.39 Å². The monoisotopic (exact) mass is 238 g/mol. The zero-order valence-corrected chi connectivity index (χ0v) is 8.19. The van der Waals surface area contributed by atoms with Gasteiger partial charge in [0.05, 0.1) is 10.6 Å². The van der Waals surface area contributed by atoms with E-state index in [2.05, 4.69) is 0 Å². The Bertz CT molecular complexity index is 478. The van der Waals surface area contributed by atoms with E-state index in [-0.39, 0.29) is 10.6 Å². The predicted molar refractivity (Wildman–Crippen MR) is 48.2 cm³/mol. The summed E-state index contributed by atoms with van der Waals surface area (Å²) in [6.45, 7) is 0. The molecule has 0 bridgehead atoms. The highest BCUT2D eigenvalue weighted by Gasteiger charge is 2.23. The van der Waals surface area contributed by atoms with Gasteiger partial charge in [0.15, 0.2) is 0 Å². The Balaban J connectivity index is 3.34. The number of carbonyl (C=O) groups is 1. The number of rotatable bonds is 1. The van der Waals surface area contributed by atoms with Crippen molar-refractivity contribution in [3.63, 3.8) is 0 Å². The van der Waals surface area contributed by atoms with Gasteiger partial charge in [0, 0.05) is 6.42 Å². The summed E-state index contributed by atoms with van der Waals surface area (Å²) in [6, 6.07) is 0. The van der Waals surface area contributed by atoms with Crippen LogP contribution in [0.3, 0.4) is 0 Å². The van der Waals surface area contributed by atoms with Crippen LogP contribution in [0, 0.1) is 0 Å². The number of hydrogen-bond acceptors (Lipinski definition) is 3. The Labute approximate surface area is 84.8 Å². The highest BCUT2D eigenvalue weighted by atomic mass is 35.5. The number of allylic oxidation sites excluding steroid dienone is 3. The maximum atomic E-state index is 12.9. The molecule has 0 heterocycles. The van der Waals surface area contributed by atoms with E-state index in [1.807, 2.05) is 0 Å². The Morgan fingerprint density at radius 3 is 2.57 bits per heavy atom. The third-order valence-corrected chi connectivity index (χ3v) is 2.68. The number of carboxylic acids is 1. The molecule has 0 atom stereocenters. The summed E-state index contributed by atoms with van der Waals surface area (Å²) in [5.74, 6) is -2.38. The van der Waals surface area contributed by atoms with Gasteiger partial charge in [-0.3, -0.25) is 0 Å².